The van der Waals surface area contributed by atoms with Crippen molar-refractivity contribution < 1.29 is 38.2 Å². The lowest BCUT2D eigenvalue weighted by Gasteiger charge is -2.28. The van der Waals surface area contributed by atoms with E-state index in [1.165, 1.54) is 23.9 Å². The number of benzene rings is 2. The molecule has 2 bridgehead atoms. The third-order valence-corrected chi connectivity index (χ3v) is 9.29. The van der Waals surface area contributed by atoms with E-state index in [2.05, 4.69) is 5.32 Å². The first-order valence-corrected chi connectivity index (χ1v) is 16.9. The monoisotopic (exact) mass is 689 g/mol. The van der Waals surface area contributed by atoms with Gasteiger partial charge in [0.15, 0.2) is 0 Å². The second-order valence-electron chi connectivity index (χ2n) is 14.1. The Balaban J connectivity index is 1.46. The lowest BCUT2D eigenvalue weighted by atomic mass is 10.1. The number of alkyl carbamates (subject to hydrolysis) is 1. The van der Waals surface area contributed by atoms with Gasteiger partial charge in [-0.05, 0) is 64.3 Å². The molecule has 13 nitrogen and oxygen atoms in total. The lowest BCUT2D eigenvalue weighted by Crippen LogP contribution is -2.47. The molecule has 268 valence electrons. The number of esters is 1. The average molecular weight is 690 g/mol. The minimum absolute atomic E-state index is 0.00926. The maximum absolute atomic E-state index is 14.3. The van der Waals surface area contributed by atoms with Crippen molar-refractivity contribution in [3.63, 3.8) is 0 Å². The molecule has 2 aliphatic heterocycles. The molecule has 4 amide bonds. The maximum atomic E-state index is 14.3. The summed E-state index contributed by atoms with van der Waals surface area (Å²) in [6.07, 6.45) is -0.293. The zero-order valence-electron chi connectivity index (χ0n) is 29.9. The van der Waals surface area contributed by atoms with Crippen LogP contribution in [0.25, 0.3) is 10.9 Å². The summed E-state index contributed by atoms with van der Waals surface area (Å²) in [5.41, 5.74) is 2.00. The highest BCUT2D eigenvalue weighted by Gasteiger charge is 2.38. The Kier molecular flexibility index (Phi) is 10.7. The standard InChI is InChI=1S/C37H47N5O8/c1-23-33-28-18-27(13-14-29(28)40(23)6)48-22-26-17-25(38-36(47)50-37(2,3)4)19-42(26)32(44)20-39(5)31(43)16-15-30(41(7)34(33)45)35(46)49-21-24-11-9-8-10-12-24/h8-14,18,25-26,30H,15-17,19-22H2,1-7H3,(H,38,47)/t25-,26+,30+/m1/s1. The molecule has 0 radical (unpaired) electrons. The van der Waals surface area contributed by atoms with Gasteiger partial charge in [0.25, 0.3) is 5.91 Å². The van der Waals surface area contributed by atoms with E-state index in [1.807, 2.05) is 61.0 Å². The van der Waals surface area contributed by atoms with Gasteiger partial charge >= 0.3 is 12.1 Å². The fraction of sp³-hybridized carbons (Fsp3) is 0.486. The number of hydrogen-bond acceptors (Lipinski definition) is 8. The van der Waals surface area contributed by atoms with Gasteiger partial charge in [-0.2, -0.15) is 0 Å². The van der Waals surface area contributed by atoms with Gasteiger partial charge in [-0.25, -0.2) is 9.59 Å². The predicted octanol–water partition coefficient (Wildman–Crippen LogP) is 3.80. The van der Waals surface area contributed by atoms with Crippen LogP contribution in [0.1, 0.15) is 61.6 Å². The molecule has 50 heavy (non-hydrogen) atoms. The fourth-order valence-corrected chi connectivity index (χ4v) is 6.51. The number of ether oxygens (including phenoxy) is 3. The van der Waals surface area contributed by atoms with Crippen LogP contribution in [0, 0.1) is 6.92 Å². The molecule has 1 aromatic heterocycles. The molecule has 0 unspecified atom stereocenters. The van der Waals surface area contributed by atoms with Crippen LogP contribution in [-0.4, -0.2) is 107 Å². The fourth-order valence-electron chi connectivity index (χ4n) is 6.51. The number of aryl methyl sites for hydroxylation is 1. The Bertz CT molecular complexity index is 1760. The summed E-state index contributed by atoms with van der Waals surface area (Å²) in [5.74, 6) is -1.23. The van der Waals surface area contributed by atoms with Crippen molar-refractivity contribution in [2.24, 2.45) is 7.05 Å². The average Bonchev–Trinajstić information content (AvgIpc) is 3.58. The molecule has 3 aromatic rings. The van der Waals surface area contributed by atoms with Gasteiger partial charge in [-0.15, -0.1) is 0 Å². The largest absolute Gasteiger partial charge is 0.491 e. The van der Waals surface area contributed by atoms with Crippen LogP contribution < -0.4 is 10.1 Å². The summed E-state index contributed by atoms with van der Waals surface area (Å²) in [6, 6.07) is 12.8. The first-order chi connectivity index (χ1) is 23.6. The molecule has 13 heteroatoms. The number of carbonyl (C=O) groups excluding carboxylic acids is 5. The molecule has 5 rings (SSSR count). The summed E-state index contributed by atoms with van der Waals surface area (Å²) in [5, 5.41) is 3.50. The van der Waals surface area contributed by atoms with Crippen molar-refractivity contribution in [1.29, 1.82) is 0 Å². The highest BCUT2D eigenvalue weighted by atomic mass is 16.6. The number of likely N-dealkylation sites (N-methyl/N-ethyl adjacent to an activating group) is 2. The summed E-state index contributed by atoms with van der Waals surface area (Å²) in [7, 11) is 4.93. The van der Waals surface area contributed by atoms with E-state index in [-0.39, 0.29) is 51.0 Å². The molecule has 1 N–H and O–H groups in total. The van der Waals surface area contributed by atoms with Crippen LogP contribution in [0.5, 0.6) is 5.75 Å². The number of fused-ring (bicyclic) bond motifs is 2. The van der Waals surface area contributed by atoms with E-state index in [4.69, 9.17) is 14.2 Å². The first-order valence-electron chi connectivity index (χ1n) is 16.9. The summed E-state index contributed by atoms with van der Waals surface area (Å²) in [4.78, 5) is 71.8. The summed E-state index contributed by atoms with van der Waals surface area (Å²) >= 11 is 0. The normalized spacial score (nSPS) is 20.8. The molecule has 2 aromatic carbocycles. The molecule has 0 spiro atoms. The van der Waals surface area contributed by atoms with Crippen LogP contribution in [-0.2, 0) is 37.5 Å². The van der Waals surface area contributed by atoms with Crippen LogP contribution in [0.4, 0.5) is 4.79 Å². The molecule has 1 fully saturated rings. The third-order valence-electron chi connectivity index (χ3n) is 9.29. The highest BCUT2D eigenvalue weighted by molar-refractivity contribution is 6.09. The molecule has 3 atom stereocenters. The molecule has 2 aliphatic rings. The lowest BCUT2D eigenvalue weighted by molar-refractivity contribution is -0.150. The number of nitrogens with one attached hydrogen (secondary N) is 1. The first kappa shape index (κ1) is 36.2. The van der Waals surface area contributed by atoms with Crippen LogP contribution >= 0.6 is 0 Å². The molecular formula is C37H47N5O8. The smallest absolute Gasteiger partial charge is 0.407 e. The molecule has 1 saturated heterocycles. The minimum Gasteiger partial charge on any atom is -0.491 e. The molecule has 3 heterocycles. The van der Waals surface area contributed by atoms with Gasteiger partial charge < -0.3 is 38.8 Å². The van der Waals surface area contributed by atoms with Crippen molar-refractivity contribution in [1.82, 2.24) is 24.6 Å². The van der Waals surface area contributed by atoms with E-state index < -0.39 is 41.7 Å². The Morgan fingerprint density at radius 2 is 1.72 bits per heavy atom. The van der Waals surface area contributed by atoms with E-state index in [0.717, 1.165) is 11.1 Å². The van der Waals surface area contributed by atoms with Crippen LogP contribution in [0.2, 0.25) is 0 Å². The van der Waals surface area contributed by atoms with Crippen LogP contribution in [0.3, 0.4) is 0 Å². The van der Waals surface area contributed by atoms with Gasteiger partial charge in [0.2, 0.25) is 11.8 Å². The number of amides is 4. The van der Waals surface area contributed by atoms with E-state index in [1.54, 1.807) is 31.7 Å². The van der Waals surface area contributed by atoms with Crippen molar-refractivity contribution in [3.05, 3.63) is 65.4 Å². The summed E-state index contributed by atoms with van der Waals surface area (Å²) < 4.78 is 19.3. The topological polar surface area (TPSA) is 140 Å². The van der Waals surface area contributed by atoms with Crippen molar-refractivity contribution >= 4 is 40.7 Å². The van der Waals surface area contributed by atoms with Gasteiger partial charge in [0.05, 0.1) is 24.2 Å². The van der Waals surface area contributed by atoms with Crippen LogP contribution in [0.15, 0.2) is 48.5 Å². The highest BCUT2D eigenvalue weighted by Crippen LogP contribution is 2.31. The Hall–Kier alpha value is -5.07. The summed E-state index contributed by atoms with van der Waals surface area (Å²) in [6.45, 7) is 7.28. The van der Waals surface area contributed by atoms with Gasteiger partial charge in [-0.3, -0.25) is 14.4 Å². The van der Waals surface area contributed by atoms with Crippen molar-refractivity contribution in [2.45, 2.75) is 77.3 Å². The van der Waals surface area contributed by atoms with Crippen molar-refractivity contribution in [2.75, 3.05) is 33.8 Å². The SMILES string of the molecule is Cc1c2c3cc(ccc3n1C)OC[C@@H]1C[C@@H](NC(=O)OC(C)(C)C)CN1C(=O)CN(C)C(=O)CC[C@@H](C(=O)OCc1ccccc1)N(C)C2=O. The number of rotatable bonds is 4. The zero-order valence-corrected chi connectivity index (χ0v) is 29.9. The Morgan fingerprint density at radius 3 is 2.42 bits per heavy atom. The second-order valence-corrected chi connectivity index (χ2v) is 14.1. The van der Waals surface area contributed by atoms with Gasteiger partial charge in [0.1, 0.15) is 30.6 Å². The predicted molar refractivity (Wildman–Crippen MR) is 185 cm³/mol. The number of aromatic nitrogens is 1. The quantitative estimate of drug-likeness (QED) is 0.409. The second kappa shape index (κ2) is 14.8. The Morgan fingerprint density at radius 1 is 1.00 bits per heavy atom. The molecule has 0 saturated carbocycles. The van der Waals surface area contributed by atoms with E-state index >= 15 is 0 Å². The van der Waals surface area contributed by atoms with Crippen molar-refractivity contribution in [3.8, 4) is 5.75 Å². The third kappa shape index (κ3) is 8.20. The molecular weight excluding hydrogens is 642 g/mol. The number of carbonyl (C=O) groups is 5. The van der Waals surface area contributed by atoms with E-state index in [9.17, 15) is 24.0 Å². The zero-order chi connectivity index (χ0) is 36.3. The van der Waals surface area contributed by atoms with Gasteiger partial charge in [0, 0.05) is 50.7 Å². The Labute approximate surface area is 292 Å². The van der Waals surface area contributed by atoms with E-state index in [0.29, 0.717) is 28.8 Å². The van der Waals surface area contributed by atoms with Gasteiger partial charge in [-0.1, -0.05) is 30.3 Å². The minimum atomic E-state index is -1.08. The molecule has 0 aliphatic carbocycles. The number of nitrogens with zero attached hydrogens (tertiary/aromatic N) is 4. The maximum Gasteiger partial charge on any atom is 0.407 e. The number of hydrogen-bond donors (Lipinski definition) is 1.